The number of aryl methyl sites for hydroxylation is 1. The molecule has 4 aromatic rings. The third kappa shape index (κ3) is 5.60. The van der Waals surface area contributed by atoms with Gasteiger partial charge in [0.2, 0.25) is 0 Å². The normalized spacial score (nSPS) is 22.0. The minimum atomic E-state index is 0.483. The number of methoxy groups -OCH3 is 2. The summed E-state index contributed by atoms with van der Waals surface area (Å²) in [5.41, 5.74) is 5.54. The summed E-state index contributed by atoms with van der Waals surface area (Å²) in [5, 5.41) is 4.91. The first kappa shape index (κ1) is 26.5. The van der Waals surface area contributed by atoms with Crippen molar-refractivity contribution in [2.75, 3.05) is 33.9 Å². The molecule has 4 unspecified atom stereocenters. The van der Waals surface area contributed by atoms with E-state index in [2.05, 4.69) is 67.9 Å². The first-order valence-electron chi connectivity index (χ1n) is 14.1. The molecule has 40 heavy (non-hydrogen) atoms. The zero-order valence-corrected chi connectivity index (χ0v) is 23.6. The highest BCUT2D eigenvalue weighted by Crippen LogP contribution is 2.43. The fourth-order valence-corrected chi connectivity index (χ4v) is 6.55. The van der Waals surface area contributed by atoms with Gasteiger partial charge in [-0.3, -0.25) is 24.4 Å². The number of rotatable bonds is 10. The number of hydrogen-bond acceptors (Lipinski definition) is 7. The van der Waals surface area contributed by atoms with Crippen LogP contribution in [0, 0.1) is 5.92 Å². The van der Waals surface area contributed by atoms with Gasteiger partial charge in [-0.05, 0) is 73.8 Å². The predicted octanol–water partition coefficient (Wildman–Crippen LogP) is 4.77. The van der Waals surface area contributed by atoms with E-state index < -0.39 is 0 Å². The molecule has 2 bridgehead atoms. The van der Waals surface area contributed by atoms with E-state index in [0.717, 1.165) is 66.9 Å². The summed E-state index contributed by atoms with van der Waals surface area (Å²) in [6.45, 7) is 4.89. The Balaban J connectivity index is 1.18. The molecule has 0 N–H and O–H groups in total. The van der Waals surface area contributed by atoms with Gasteiger partial charge in [0.05, 0.1) is 31.3 Å². The Bertz CT molecular complexity index is 1370. The summed E-state index contributed by atoms with van der Waals surface area (Å²) in [7, 11) is 5.41. The molecule has 3 aliphatic heterocycles. The second-order valence-corrected chi connectivity index (χ2v) is 11.0. The zero-order chi connectivity index (χ0) is 27.5. The highest BCUT2D eigenvalue weighted by Gasteiger charge is 2.42. The highest BCUT2D eigenvalue weighted by atomic mass is 16.5. The van der Waals surface area contributed by atoms with E-state index in [-0.39, 0.29) is 0 Å². The van der Waals surface area contributed by atoms with Gasteiger partial charge in [0.1, 0.15) is 0 Å². The van der Waals surface area contributed by atoms with Crippen molar-refractivity contribution in [1.29, 1.82) is 0 Å². The van der Waals surface area contributed by atoms with Crippen molar-refractivity contribution in [1.82, 2.24) is 29.5 Å². The average molecular weight is 539 g/mol. The lowest BCUT2D eigenvalue weighted by atomic mass is 9.74. The number of hydrogen-bond donors (Lipinski definition) is 0. The highest BCUT2D eigenvalue weighted by molar-refractivity contribution is 5.64. The van der Waals surface area contributed by atoms with Gasteiger partial charge in [-0.2, -0.15) is 5.10 Å². The summed E-state index contributed by atoms with van der Waals surface area (Å²) < 4.78 is 13.0. The van der Waals surface area contributed by atoms with Gasteiger partial charge in [-0.15, -0.1) is 0 Å². The lowest BCUT2D eigenvalue weighted by Crippen LogP contribution is -2.56. The van der Waals surface area contributed by atoms with E-state index in [1.54, 1.807) is 14.2 Å². The minimum Gasteiger partial charge on any atom is -0.493 e. The molecule has 8 nitrogen and oxygen atoms in total. The van der Waals surface area contributed by atoms with Crippen molar-refractivity contribution in [2.45, 2.75) is 37.9 Å². The fraction of sp³-hybridized carbons (Fsp3) is 0.406. The molecule has 0 aliphatic carbocycles. The topological polar surface area (TPSA) is 68.5 Å². The van der Waals surface area contributed by atoms with Crippen LogP contribution in [0.1, 0.15) is 35.8 Å². The van der Waals surface area contributed by atoms with Gasteiger partial charge in [-0.1, -0.05) is 12.1 Å². The summed E-state index contributed by atoms with van der Waals surface area (Å²) in [6, 6.07) is 21.2. The van der Waals surface area contributed by atoms with Gasteiger partial charge in [-0.25, -0.2) is 0 Å². The van der Waals surface area contributed by atoms with Crippen LogP contribution < -0.4 is 9.47 Å². The molecular weight excluding hydrogens is 500 g/mol. The van der Waals surface area contributed by atoms with E-state index in [4.69, 9.17) is 14.6 Å². The SMILES string of the molecule is COc1ccc(-c2cc(C3CN4CCC3CC4CN(Cc3ccccn3)Cc3ccccn3)n(C)n2)cc1OC. The fourth-order valence-electron chi connectivity index (χ4n) is 6.55. The number of aromatic nitrogens is 4. The van der Waals surface area contributed by atoms with Crippen molar-refractivity contribution >= 4 is 0 Å². The molecule has 4 atom stereocenters. The number of benzene rings is 1. The average Bonchev–Trinajstić information content (AvgIpc) is 3.39. The maximum Gasteiger partial charge on any atom is 0.161 e. The Morgan fingerprint density at radius 2 is 1.62 bits per heavy atom. The van der Waals surface area contributed by atoms with Crippen LogP contribution in [0.2, 0.25) is 0 Å². The van der Waals surface area contributed by atoms with Gasteiger partial charge in [0, 0.05) is 68.8 Å². The summed E-state index contributed by atoms with van der Waals surface area (Å²) >= 11 is 0. The van der Waals surface area contributed by atoms with Gasteiger partial charge >= 0.3 is 0 Å². The molecule has 3 aromatic heterocycles. The number of ether oxygens (including phenoxy) is 2. The first-order valence-corrected chi connectivity index (χ1v) is 14.1. The molecule has 3 saturated heterocycles. The Hall–Kier alpha value is -3.75. The molecular formula is C32H38N6O2. The Morgan fingerprint density at radius 1 is 0.900 bits per heavy atom. The first-order chi connectivity index (χ1) is 19.6. The molecule has 0 amide bonds. The quantitative estimate of drug-likeness (QED) is 0.288. The van der Waals surface area contributed by atoms with Crippen LogP contribution in [0.25, 0.3) is 11.3 Å². The third-order valence-electron chi connectivity index (χ3n) is 8.55. The van der Waals surface area contributed by atoms with Crippen LogP contribution in [0.5, 0.6) is 11.5 Å². The maximum absolute atomic E-state index is 5.53. The van der Waals surface area contributed by atoms with E-state index in [0.29, 0.717) is 17.9 Å². The maximum atomic E-state index is 5.53. The largest absolute Gasteiger partial charge is 0.493 e. The molecule has 3 fully saturated rings. The molecule has 0 saturated carbocycles. The number of fused-ring (bicyclic) bond motifs is 3. The van der Waals surface area contributed by atoms with E-state index in [9.17, 15) is 0 Å². The number of pyridine rings is 2. The van der Waals surface area contributed by atoms with Crippen LogP contribution >= 0.6 is 0 Å². The second-order valence-electron chi connectivity index (χ2n) is 11.0. The molecule has 8 heteroatoms. The third-order valence-corrected chi connectivity index (χ3v) is 8.55. The van der Waals surface area contributed by atoms with Gasteiger partial charge < -0.3 is 9.47 Å². The Labute approximate surface area is 236 Å². The monoisotopic (exact) mass is 538 g/mol. The minimum absolute atomic E-state index is 0.483. The predicted molar refractivity (Wildman–Crippen MR) is 155 cm³/mol. The van der Waals surface area contributed by atoms with Crippen LogP contribution in [0.4, 0.5) is 0 Å². The summed E-state index contributed by atoms with van der Waals surface area (Å²) in [5.74, 6) is 2.58. The Kier molecular flexibility index (Phi) is 7.80. The smallest absolute Gasteiger partial charge is 0.161 e. The van der Waals surface area contributed by atoms with Crippen molar-refractivity contribution in [3.63, 3.8) is 0 Å². The van der Waals surface area contributed by atoms with E-state index in [1.807, 2.05) is 36.7 Å². The second kappa shape index (κ2) is 11.8. The molecule has 0 radical (unpaired) electrons. The lowest BCUT2D eigenvalue weighted by Gasteiger charge is -2.51. The Morgan fingerprint density at radius 3 is 2.23 bits per heavy atom. The molecule has 7 rings (SSSR count). The van der Waals surface area contributed by atoms with Crippen molar-refractivity contribution in [3.8, 4) is 22.8 Å². The number of piperidine rings is 3. The van der Waals surface area contributed by atoms with Gasteiger partial charge in [0.25, 0.3) is 0 Å². The molecule has 0 spiro atoms. The molecule has 6 heterocycles. The number of nitrogens with zero attached hydrogens (tertiary/aromatic N) is 6. The van der Waals surface area contributed by atoms with Gasteiger partial charge in [0.15, 0.2) is 11.5 Å². The van der Waals surface area contributed by atoms with Crippen molar-refractivity contribution < 1.29 is 9.47 Å². The van der Waals surface area contributed by atoms with E-state index in [1.165, 1.54) is 18.5 Å². The van der Waals surface area contributed by atoms with Crippen LogP contribution in [-0.2, 0) is 20.1 Å². The van der Waals surface area contributed by atoms with Crippen LogP contribution in [0.3, 0.4) is 0 Å². The molecule has 1 aromatic carbocycles. The molecule has 3 aliphatic rings. The van der Waals surface area contributed by atoms with Crippen molar-refractivity contribution in [3.05, 3.63) is 90.1 Å². The van der Waals surface area contributed by atoms with Crippen LogP contribution in [0.15, 0.2) is 73.1 Å². The summed E-state index contributed by atoms with van der Waals surface area (Å²) in [6.07, 6.45) is 6.20. The van der Waals surface area contributed by atoms with E-state index >= 15 is 0 Å². The summed E-state index contributed by atoms with van der Waals surface area (Å²) in [4.78, 5) is 14.4. The zero-order valence-electron chi connectivity index (χ0n) is 23.6. The standard InChI is InChI=1S/C32H38N6O2/c1-36-30(18-29(35-36)24-10-11-31(39-2)32(17-24)40-3)28-22-38-15-12-23(28)16-27(38)21-37(19-25-8-4-6-13-33-25)20-26-9-5-7-14-34-26/h4-11,13-14,17-18,23,27-28H,12,15-16,19-22H2,1-3H3. The molecule has 208 valence electrons. The van der Waals surface area contributed by atoms with Crippen LogP contribution in [-0.4, -0.2) is 69.4 Å². The lowest BCUT2D eigenvalue weighted by molar-refractivity contribution is 0.00727. The van der Waals surface area contributed by atoms with Crippen molar-refractivity contribution in [2.24, 2.45) is 13.0 Å².